The molecule has 0 aliphatic carbocycles. The van der Waals surface area contributed by atoms with Gasteiger partial charge in [0, 0.05) is 30.1 Å². The predicted octanol–water partition coefficient (Wildman–Crippen LogP) is 4.77. The molecule has 6 heteroatoms. The van der Waals surface area contributed by atoms with Crippen LogP contribution in [0.5, 0.6) is 11.5 Å². The maximum atomic E-state index is 5.42. The maximum absolute atomic E-state index is 5.42. The van der Waals surface area contributed by atoms with E-state index >= 15 is 0 Å². The molecular weight excluding hydrogens is 352 g/mol. The minimum absolute atomic E-state index is 0.518. The van der Waals surface area contributed by atoms with Crippen molar-refractivity contribution >= 4 is 17.5 Å². The number of nitrogens with zero attached hydrogens (tertiary/aromatic N) is 2. The van der Waals surface area contributed by atoms with Crippen LogP contribution in [0.3, 0.4) is 0 Å². The number of hydrogen-bond acceptors (Lipinski definition) is 6. The molecule has 2 aromatic carbocycles. The van der Waals surface area contributed by atoms with E-state index in [0.717, 1.165) is 28.4 Å². The largest absolute Gasteiger partial charge is 0.493 e. The molecule has 0 saturated carbocycles. The number of aromatic nitrogens is 2. The summed E-state index contributed by atoms with van der Waals surface area (Å²) in [6, 6.07) is 12.3. The molecule has 6 nitrogen and oxygen atoms in total. The molecule has 0 amide bonds. The quantitative estimate of drug-likeness (QED) is 0.617. The van der Waals surface area contributed by atoms with Crippen molar-refractivity contribution in [2.75, 3.05) is 24.9 Å². The number of benzene rings is 2. The van der Waals surface area contributed by atoms with Gasteiger partial charge < -0.3 is 20.1 Å². The normalized spacial score (nSPS) is 10.5. The summed E-state index contributed by atoms with van der Waals surface area (Å²) < 4.78 is 10.8. The average molecular weight is 378 g/mol. The average Bonchev–Trinajstić information content (AvgIpc) is 2.68. The first-order valence-electron chi connectivity index (χ1n) is 9.13. The molecule has 3 aromatic rings. The van der Waals surface area contributed by atoms with Gasteiger partial charge in [-0.1, -0.05) is 29.8 Å². The molecule has 0 unspecified atom stereocenters. The fourth-order valence-electron chi connectivity index (χ4n) is 3.05. The summed E-state index contributed by atoms with van der Waals surface area (Å²) in [6.07, 6.45) is 1.81. The number of nitrogens with one attached hydrogen (secondary N) is 2. The van der Waals surface area contributed by atoms with Gasteiger partial charge in [-0.2, -0.15) is 4.98 Å². The highest BCUT2D eigenvalue weighted by Gasteiger charge is 2.11. The highest BCUT2D eigenvalue weighted by Crippen LogP contribution is 2.34. The minimum atomic E-state index is 0.518. The van der Waals surface area contributed by atoms with E-state index in [1.165, 1.54) is 11.1 Å². The monoisotopic (exact) mass is 378 g/mol. The van der Waals surface area contributed by atoms with Crippen molar-refractivity contribution in [3.63, 3.8) is 0 Å². The molecule has 1 heterocycles. The zero-order chi connectivity index (χ0) is 20.1. The van der Waals surface area contributed by atoms with Crippen LogP contribution in [0.4, 0.5) is 17.5 Å². The van der Waals surface area contributed by atoms with E-state index in [2.05, 4.69) is 51.8 Å². The molecule has 1 aromatic heterocycles. The number of rotatable bonds is 7. The molecule has 0 radical (unpaired) electrons. The standard InChI is InChI=1S/C22H26N4O2/c1-14-7-6-8-17(9-14)13-23-21-16(3)12-24-22(26-21)25-18-10-15(2)20(28-5)19(11-18)27-4/h6-12H,13H2,1-5H3,(H2,23,24,25,26). The van der Waals surface area contributed by atoms with Crippen molar-refractivity contribution < 1.29 is 9.47 Å². The fraction of sp³-hybridized carbons (Fsp3) is 0.273. The second-order valence-electron chi connectivity index (χ2n) is 6.72. The molecule has 0 bridgehead atoms. The lowest BCUT2D eigenvalue weighted by Crippen LogP contribution is -2.06. The van der Waals surface area contributed by atoms with Gasteiger partial charge in [0.2, 0.25) is 5.95 Å². The lowest BCUT2D eigenvalue weighted by molar-refractivity contribution is 0.353. The summed E-state index contributed by atoms with van der Waals surface area (Å²) >= 11 is 0. The Labute approximate surface area is 166 Å². The zero-order valence-electron chi connectivity index (χ0n) is 17.0. The SMILES string of the molecule is COc1cc(Nc2ncc(C)c(NCc3cccc(C)c3)n2)cc(C)c1OC. The van der Waals surface area contributed by atoms with Crippen molar-refractivity contribution in [1.29, 1.82) is 0 Å². The third-order valence-corrected chi connectivity index (χ3v) is 4.43. The third kappa shape index (κ3) is 4.52. The van der Waals surface area contributed by atoms with Crippen molar-refractivity contribution in [2.24, 2.45) is 0 Å². The van der Waals surface area contributed by atoms with Crippen molar-refractivity contribution in [2.45, 2.75) is 27.3 Å². The van der Waals surface area contributed by atoms with Gasteiger partial charge in [0.15, 0.2) is 11.5 Å². The van der Waals surface area contributed by atoms with Crippen LogP contribution < -0.4 is 20.1 Å². The highest BCUT2D eigenvalue weighted by molar-refractivity contribution is 5.63. The third-order valence-electron chi connectivity index (χ3n) is 4.43. The molecule has 0 fully saturated rings. The molecule has 0 saturated heterocycles. The number of aryl methyl sites for hydroxylation is 3. The van der Waals surface area contributed by atoms with E-state index in [1.807, 2.05) is 32.2 Å². The molecule has 28 heavy (non-hydrogen) atoms. The van der Waals surface area contributed by atoms with Crippen LogP contribution in [0.1, 0.15) is 22.3 Å². The summed E-state index contributed by atoms with van der Waals surface area (Å²) in [5.41, 5.74) is 5.24. The molecule has 3 rings (SSSR count). The molecule has 0 atom stereocenters. The summed E-state index contributed by atoms with van der Waals surface area (Å²) in [4.78, 5) is 9.02. The number of ether oxygens (including phenoxy) is 2. The second-order valence-corrected chi connectivity index (χ2v) is 6.72. The van der Waals surface area contributed by atoms with Crippen LogP contribution in [-0.2, 0) is 6.54 Å². The zero-order valence-corrected chi connectivity index (χ0v) is 17.0. The minimum Gasteiger partial charge on any atom is -0.493 e. The number of hydrogen-bond donors (Lipinski definition) is 2. The van der Waals surface area contributed by atoms with Crippen LogP contribution in [0.2, 0.25) is 0 Å². The van der Waals surface area contributed by atoms with Gasteiger partial charge in [-0.05, 0) is 38.0 Å². The van der Waals surface area contributed by atoms with E-state index in [0.29, 0.717) is 18.2 Å². The smallest absolute Gasteiger partial charge is 0.229 e. The Morgan fingerprint density at radius 1 is 0.964 bits per heavy atom. The van der Waals surface area contributed by atoms with Gasteiger partial charge in [-0.25, -0.2) is 4.98 Å². The van der Waals surface area contributed by atoms with Crippen LogP contribution in [0.15, 0.2) is 42.6 Å². The Bertz CT molecular complexity index is 973. The number of methoxy groups -OCH3 is 2. The summed E-state index contributed by atoms with van der Waals surface area (Å²) in [5, 5.41) is 6.65. The maximum Gasteiger partial charge on any atom is 0.229 e. The molecule has 0 aliphatic heterocycles. The van der Waals surface area contributed by atoms with E-state index in [4.69, 9.17) is 9.47 Å². The highest BCUT2D eigenvalue weighted by atomic mass is 16.5. The van der Waals surface area contributed by atoms with Gasteiger partial charge in [0.25, 0.3) is 0 Å². The first-order valence-corrected chi connectivity index (χ1v) is 9.13. The number of anilines is 3. The fourth-order valence-corrected chi connectivity index (χ4v) is 3.05. The Kier molecular flexibility index (Phi) is 5.99. The predicted molar refractivity (Wildman–Crippen MR) is 113 cm³/mol. The van der Waals surface area contributed by atoms with Gasteiger partial charge in [-0.15, -0.1) is 0 Å². The molecule has 0 spiro atoms. The van der Waals surface area contributed by atoms with Crippen molar-refractivity contribution in [3.05, 3.63) is 64.8 Å². The Morgan fingerprint density at radius 3 is 2.50 bits per heavy atom. The Morgan fingerprint density at radius 2 is 1.79 bits per heavy atom. The lowest BCUT2D eigenvalue weighted by atomic mass is 10.1. The molecule has 0 aliphatic rings. The first kappa shape index (κ1) is 19.5. The lowest BCUT2D eigenvalue weighted by Gasteiger charge is -2.14. The van der Waals surface area contributed by atoms with Gasteiger partial charge >= 0.3 is 0 Å². The van der Waals surface area contributed by atoms with Crippen LogP contribution in [-0.4, -0.2) is 24.2 Å². The summed E-state index contributed by atoms with van der Waals surface area (Å²) in [6.45, 7) is 6.75. The molecular formula is C22H26N4O2. The van der Waals surface area contributed by atoms with Crippen LogP contribution in [0, 0.1) is 20.8 Å². The topological polar surface area (TPSA) is 68.3 Å². The second kappa shape index (κ2) is 8.61. The molecule has 2 N–H and O–H groups in total. The van der Waals surface area contributed by atoms with Crippen molar-refractivity contribution in [3.8, 4) is 11.5 Å². The van der Waals surface area contributed by atoms with Crippen molar-refractivity contribution in [1.82, 2.24) is 9.97 Å². The van der Waals surface area contributed by atoms with Crippen LogP contribution >= 0.6 is 0 Å². The van der Waals surface area contributed by atoms with Crippen LogP contribution in [0.25, 0.3) is 0 Å². The summed E-state index contributed by atoms with van der Waals surface area (Å²) in [7, 11) is 3.25. The Balaban J connectivity index is 1.79. The van der Waals surface area contributed by atoms with E-state index in [-0.39, 0.29) is 0 Å². The van der Waals surface area contributed by atoms with E-state index in [9.17, 15) is 0 Å². The van der Waals surface area contributed by atoms with Gasteiger partial charge in [-0.3, -0.25) is 0 Å². The van der Waals surface area contributed by atoms with Gasteiger partial charge in [0.1, 0.15) is 5.82 Å². The Hall–Kier alpha value is -3.28. The van der Waals surface area contributed by atoms with E-state index in [1.54, 1.807) is 14.2 Å². The summed E-state index contributed by atoms with van der Waals surface area (Å²) in [5.74, 6) is 2.70. The van der Waals surface area contributed by atoms with Gasteiger partial charge in [0.05, 0.1) is 14.2 Å². The first-order chi connectivity index (χ1) is 13.5. The van der Waals surface area contributed by atoms with E-state index < -0.39 is 0 Å². The molecule has 146 valence electrons.